The van der Waals surface area contributed by atoms with Gasteiger partial charge in [0.25, 0.3) is 5.91 Å². The number of hydrogen-bond acceptors (Lipinski definition) is 6. The van der Waals surface area contributed by atoms with Crippen molar-refractivity contribution in [2.24, 2.45) is 0 Å². The van der Waals surface area contributed by atoms with Crippen molar-refractivity contribution in [1.29, 1.82) is 0 Å². The summed E-state index contributed by atoms with van der Waals surface area (Å²) < 4.78 is 1.57. The van der Waals surface area contributed by atoms with Crippen LogP contribution < -0.4 is 5.32 Å². The SMILES string of the molecule is CC(C)c1nc(C(=O)Nc2cncnc2-n2cccn2)cs1. The van der Waals surface area contributed by atoms with Gasteiger partial charge in [-0.1, -0.05) is 13.8 Å². The van der Waals surface area contributed by atoms with Crippen LogP contribution in [0.5, 0.6) is 0 Å². The molecule has 3 aromatic heterocycles. The number of thiazole rings is 1. The Morgan fingerprint density at radius 2 is 2.27 bits per heavy atom. The van der Waals surface area contributed by atoms with Gasteiger partial charge in [0.05, 0.1) is 11.2 Å². The number of carbonyl (C=O) groups is 1. The van der Waals surface area contributed by atoms with Gasteiger partial charge in [0.2, 0.25) is 0 Å². The van der Waals surface area contributed by atoms with Crippen LogP contribution in [-0.4, -0.2) is 30.6 Å². The van der Waals surface area contributed by atoms with Gasteiger partial charge in [0.15, 0.2) is 5.82 Å². The maximum absolute atomic E-state index is 12.3. The first kappa shape index (κ1) is 14.3. The normalized spacial score (nSPS) is 10.9. The van der Waals surface area contributed by atoms with Crippen molar-refractivity contribution in [3.63, 3.8) is 0 Å². The minimum absolute atomic E-state index is 0.286. The average Bonchev–Trinajstić information content (AvgIpc) is 3.19. The summed E-state index contributed by atoms with van der Waals surface area (Å²) >= 11 is 1.48. The molecule has 112 valence electrons. The van der Waals surface area contributed by atoms with Gasteiger partial charge >= 0.3 is 0 Å². The molecule has 0 unspecified atom stereocenters. The second kappa shape index (κ2) is 6.02. The van der Waals surface area contributed by atoms with Gasteiger partial charge in [-0.15, -0.1) is 11.3 Å². The van der Waals surface area contributed by atoms with Gasteiger partial charge in [-0.05, 0) is 6.07 Å². The Bertz CT molecular complexity index is 780. The molecule has 0 saturated carbocycles. The Morgan fingerprint density at radius 3 is 2.95 bits per heavy atom. The number of amides is 1. The summed E-state index contributed by atoms with van der Waals surface area (Å²) in [4.78, 5) is 24.8. The molecule has 7 nitrogen and oxygen atoms in total. The van der Waals surface area contributed by atoms with Crippen LogP contribution in [0.25, 0.3) is 5.82 Å². The Morgan fingerprint density at radius 1 is 1.41 bits per heavy atom. The lowest BCUT2D eigenvalue weighted by Crippen LogP contribution is -2.15. The van der Waals surface area contributed by atoms with Crippen LogP contribution in [0, 0.1) is 0 Å². The van der Waals surface area contributed by atoms with Crippen LogP contribution >= 0.6 is 11.3 Å². The van der Waals surface area contributed by atoms with E-state index < -0.39 is 0 Å². The van der Waals surface area contributed by atoms with Crippen LogP contribution in [0.3, 0.4) is 0 Å². The molecular formula is C14H14N6OS. The second-order valence-electron chi connectivity index (χ2n) is 4.89. The van der Waals surface area contributed by atoms with Crippen LogP contribution in [0.1, 0.15) is 35.3 Å². The third kappa shape index (κ3) is 2.86. The minimum Gasteiger partial charge on any atom is -0.316 e. The molecule has 3 aromatic rings. The summed E-state index contributed by atoms with van der Waals surface area (Å²) in [5, 5.41) is 9.59. The quantitative estimate of drug-likeness (QED) is 0.799. The zero-order valence-corrected chi connectivity index (χ0v) is 12.9. The smallest absolute Gasteiger partial charge is 0.275 e. The molecule has 22 heavy (non-hydrogen) atoms. The zero-order valence-electron chi connectivity index (χ0n) is 12.1. The number of aromatic nitrogens is 5. The van der Waals surface area contributed by atoms with Gasteiger partial charge in [0.1, 0.15) is 17.7 Å². The van der Waals surface area contributed by atoms with E-state index in [9.17, 15) is 4.79 Å². The number of nitrogens with one attached hydrogen (secondary N) is 1. The molecule has 8 heteroatoms. The van der Waals surface area contributed by atoms with E-state index in [4.69, 9.17) is 0 Å². The molecule has 1 amide bonds. The maximum atomic E-state index is 12.3. The minimum atomic E-state index is -0.286. The molecule has 3 rings (SSSR count). The molecule has 0 aliphatic rings. The topological polar surface area (TPSA) is 85.6 Å². The lowest BCUT2D eigenvalue weighted by atomic mass is 10.2. The largest absolute Gasteiger partial charge is 0.316 e. The molecule has 0 aliphatic carbocycles. The highest BCUT2D eigenvalue weighted by Crippen LogP contribution is 2.21. The summed E-state index contributed by atoms with van der Waals surface area (Å²) in [7, 11) is 0. The molecule has 3 heterocycles. The van der Waals surface area contributed by atoms with Gasteiger partial charge in [-0.2, -0.15) is 5.10 Å². The second-order valence-corrected chi connectivity index (χ2v) is 5.78. The summed E-state index contributed by atoms with van der Waals surface area (Å²) in [6, 6.07) is 1.78. The first-order chi connectivity index (χ1) is 10.6. The lowest BCUT2D eigenvalue weighted by Gasteiger charge is -2.08. The molecule has 0 aliphatic heterocycles. The van der Waals surface area contributed by atoms with E-state index in [0.29, 0.717) is 23.1 Å². The van der Waals surface area contributed by atoms with E-state index in [1.807, 2.05) is 13.8 Å². The fourth-order valence-electron chi connectivity index (χ4n) is 1.83. The number of hydrogen-bond donors (Lipinski definition) is 1. The monoisotopic (exact) mass is 314 g/mol. The van der Waals surface area contributed by atoms with Gasteiger partial charge in [-0.3, -0.25) is 4.79 Å². The molecule has 0 radical (unpaired) electrons. The van der Waals surface area contributed by atoms with E-state index in [2.05, 4.69) is 25.4 Å². The van der Waals surface area contributed by atoms with Crippen molar-refractivity contribution < 1.29 is 4.79 Å². The molecular weight excluding hydrogens is 300 g/mol. The third-order valence-electron chi connectivity index (χ3n) is 2.91. The molecule has 0 aromatic carbocycles. The van der Waals surface area contributed by atoms with Crippen molar-refractivity contribution in [3.05, 3.63) is 47.1 Å². The van der Waals surface area contributed by atoms with E-state index in [-0.39, 0.29) is 5.91 Å². The maximum Gasteiger partial charge on any atom is 0.275 e. The summed E-state index contributed by atoms with van der Waals surface area (Å²) in [6.45, 7) is 4.09. The summed E-state index contributed by atoms with van der Waals surface area (Å²) in [6.07, 6.45) is 6.34. The number of carbonyl (C=O) groups excluding carboxylic acids is 1. The van der Waals surface area contributed by atoms with Crippen LogP contribution in [0.2, 0.25) is 0 Å². The fraction of sp³-hybridized carbons (Fsp3) is 0.214. The van der Waals surface area contributed by atoms with Crippen molar-refractivity contribution in [3.8, 4) is 5.82 Å². The molecule has 0 spiro atoms. The van der Waals surface area contributed by atoms with Gasteiger partial charge in [0, 0.05) is 23.7 Å². The van der Waals surface area contributed by atoms with E-state index >= 15 is 0 Å². The van der Waals surface area contributed by atoms with E-state index in [0.717, 1.165) is 5.01 Å². The molecule has 0 bridgehead atoms. The Kier molecular flexibility index (Phi) is 3.92. The summed E-state index contributed by atoms with van der Waals surface area (Å²) in [5.74, 6) is 0.519. The standard InChI is InChI=1S/C14H14N6OS/c1-9(2)14-19-11(7-22-14)13(21)18-10-6-15-8-16-12(10)20-5-3-4-17-20/h3-9H,1-2H3,(H,18,21). The molecule has 1 N–H and O–H groups in total. The van der Waals surface area contributed by atoms with Gasteiger partial charge in [-0.25, -0.2) is 19.6 Å². The zero-order chi connectivity index (χ0) is 15.5. The highest BCUT2D eigenvalue weighted by atomic mass is 32.1. The van der Waals surface area contributed by atoms with Crippen molar-refractivity contribution in [2.75, 3.05) is 5.32 Å². The van der Waals surface area contributed by atoms with Crippen molar-refractivity contribution in [2.45, 2.75) is 19.8 Å². The molecule has 0 atom stereocenters. The number of nitrogens with zero attached hydrogens (tertiary/aromatic N) is 5. The fourth-order valence-corrected chi connectivity index (χ4v) is 2.65. The highest BCUT2D eigenvalue weighted by Gasteiger charge is 2.15. The molecule has 0 saturated heterocycles. The van der Waals surface area contributed by atoms with E-state index in [1.54, 1.807) is 28.5 Å². The van der Waals surface area contributed by atoms with E-state index in [1.165, 1.54) is 23.9 Å². The number of rotatable bonds is 4. The Balaban J connectivity index is 1.85. The van der Waals surface area contributed by atoms with Crippen LogP contribution in [0.15, 0.2) is 36.4 Å². The van der Waals surface area contributed by atoms with Crippen LogP contribution in [0.4, 0.5) is 5.69 Å². The van der Waals surface area contributed by atoms with Crippen LogP contribution in [-0.2, 0) is 0 Å². The first-order valence-electron chi connectivity index (χ1n) is 6.72. The summed E-state index contributed by atoms with van der Waals surface area (Å²) in [5.41, 5.74) is 0.874. The van der Waals surface area contributed by atoms with Crippen molar-refractivity contribution in [1.82, 2.24) is 24.7 Å². The highest BCUT2D eigenvalue weighted by molar-refractivity contribution is 7.09. The van der Waals surface area contributed by atoms with Gasteiger partial charge < -0.3 is 5.32 Å². The third-order valence-corrected chi connectivity index (χ3v) is 4.05. The predicted octanol–water partition coefficient (Wildman–Crippen LogP) is 2.49. The first-order valence-corrected chi connectivity index (χ1v) is 7.60. The number of anilines is 1. The molecule has 0 fully saturated rings. The Labute approximate surface area is 131 Å². The predicted molar refractivity (Wildman–Crippen MR) is 83.3 cm³/mol. The average molecular weight is 314 g/mol. The van der Waals surface area contributed by atoms with Crippen molar-refractivity contribution >= 4 is 22.9 Å². The lowest BCUT2D eigenvalue weighted by molar-refractivity contribution is 0.102. The Hall–Kier alpha value is -2.61.